The molecule has 2 heterocycles. The number of rotatable bonds is 6. The van der Waals surface area contributed by atoms with Gasteiger partial charge in [0.15, 0.2) is 0 Å². The molecule has 8 nitrogen and oxygen atoms in total. The number of hydrogen-bond donors (Lipinski definition) is 2. The van der Waals surface area contributed by atoms with Crippen molar-refractivity contribution in [1.82, 2.24) is 15.2 Å². The maximum Gasteiger partial charge on any atom is 0.313 e. The third-order valence-electron chi connectivity index (χ3n) is 5.74. The molecule has 8 heteroatoms. The first-order valence-corrected chi connectivity index (χ1v) is 11.0. The average Bonchev–Trinajstić information content (AvgIpc) is 2.85. The number of fused-ring (bicyclic) bond motifs is 1. The van der Waals surface area contributed by atoms with Crippen LogP contribution in [0.3, 0.4) is 0 Å². The van der Waals surface area contributed by atoms with Crippen molar-refractivity contribution in [2.75, 3.05) is 45.3 Å². The first kappa shape index (κ1) is 22.7. The fourth-order valence-electron chi connectivity index (χ4n) is 4.03. The molecule has 1 saturated heterocycles. The van der Waals surface area contributed by atoms with Gasteiger partial charge in [0.1, 0.15) is 5.75 Å². The van der Waals surface area contributed by atoms with E-state index in [9.17, 15) is 9.59 Å². The molecule has 2 N–H and O–H groups in total. The van der Waals surface area contributed by atoms with Crippen molar-refractivity contribution in [2.24, 2.45) is 0 Å². The highest BCUT2D eigenvalue weighted by atomic mass is 16.5. The molecule has 0 bridgehead atoms. The van der Waals surface area contributed by atoms with E-state index in [1.165, 1.54) is 0 Å². The van der Waals surface area contributed by atoms with Gasteiger partial charge in [-0.3, -0.25) is 19.5 Å². The second kappa shape index (κ2) is 10.4. The summed E-state index contributed by atoms with van der Waals surface area (Å²) < 4.78 is 10.7. The van der Waals surface area contributed by atoms with Crippen LogP contribution in [0.5, 0.6) is 5.75 Å². The van der Waals surface area contributed by atoms with Crippen molar-refractivity contribution < 1.29 is 19.1 Å². The first-order chi connectivity index (χ1) is 16.0. The van der Waals surface area contributed by atoms with Gasteiger partial charge < -0.3 is 20.1 Å². The third-order valence-corrected chi connectivity index (χ3v) is 5.74. The monoisotopic (exact) mass is 448 g/mol. The van der Waals surface area contributed by atoms with Crippen molar-refractivity contribution in [3.8, 4) is 5.75 Å². The highest BCUT2D eigenvalue weighted by molar-refractivity contribution is 6.40. The number of aromatic nitrogens is 1. The van der Waals surface area contributed by atoms with Crippen molar-refractivity contribution in [2.45, 2.75) is 13.0 Å². The fourth-order valence-corrected chi connectivity index (χ4v) is 4.03. The lowest BCUT2D eigenvalue weighted by Gasteiger charge is -2.35. The minimum absolute atomic E-state index is 0.0828. The van der Waals surface area contributed by atoms with E-state index >= 15 is 0 Å². The quantitative estimate of drug-likeness (QED) is 0.564. The number of anilines is 1. The minimum atomic E-state index is -0.707. The van der Waals surface area contributed by atoms with Crippen LogP contribution in [0.1, 0.15) is 17.3 Å². The predicted octanol–water partition coefficient (Wildman–Crippen LogP) is 2.68. The number of aryl methyl sites for hydroxylation is 1. The van der Waals surface area contributed by atoms with Gasteiger partial charge in [0.2, 0.25) is 0 Å². The summed E-state index contributed by atoms with van der Waals surface area (Å²) in [5, 5.41) is 6.34. The average molecular weight is 449 g/mol. The molecule has 1 aliphatic rings. The minimum Gasteiger partial charge on any atom is -0.497 e. The summed E-state index contributed by atoms with van der Waals surface area (Å²) in [6.07, 6.45) is 0. The molecular weight excluding hydrogens is 420 g/mol. The van der Waals surface area contributed by atoms with E-state index in [1.54, 1.807) is 13.2 Å². The van der Waals surface area contributed by atoms with Gasteiger partial charge in [0.05, 0.1) is 37.6 Å². The van der Waals surface area contributed by atoms with Gasteiger partial charge >= 0.3 is 11.8 Å². The molecule has 4 rings (SSSR count). The zero-order chi connectivity index (χ0) is 23.2. The lowest BCUT2D eigenvalue weighted by atomic mass is 10.0. The molecule has 0 radical (unpaired) electrons. The maximum absolute atomic E-state index is 12.7. The second-order valence-corrected chi connectivity index (χ2v) is 7.93. The number of para-hydroxylation sites is 1. The number of hydrogen-bond acceptors (Lipinski definition) is 6. The van der Waals surface area contributed by atoms with Crippen molar-refractivity contribution in [3.63, 3.8) is 0 Å². The van der Waals surface area contributed by atoms with Crippen LogP contribution in [0, 0.1) is 6.92 Å². The van der Waals surface area contributed by atoms with E-state index in [-0.39, 0.29) is 6.04 Å². The van der Waals surface area contributed by atoms with Gasteiger partial charge in [-0.25, -0.2) is 0 Å². The normalized spacial score (nSPS) is 15.1. The third kappa shape index (κ3) is 5.47. The molecular formula is C25H28N4O4. The summed E-state index contributed by atoms with van der Waals surface area (Å²) in [5.74, 6) is -0.621. The lowest BCUT2D eigenvalue weighted by molar-refractivity contribution is -0.136. The lowest BCUT2D eigenvalue weighted by Crippen LogP contribution is -2.45. The molecule has 1 atom stereocenters. The summed E-state index contributed by atoms with van der Waals surface area (Å²) in [7, 11) is 1.63. The first-order valence-electron chi connectivity index (χ1n) is 11.0. The van der Waals surface area contributed by atoms with E-state index in [0.717, 1.165) is 41.0 Å². The van der Waals surface area contributed by atoms with Crippen molar-refractivity contribution in [1.29, 1.82) is 0 Å². The largest absolute Gasteiger partial charge is 0.497 e. The Labute approximate surface area is 192 Å². The van der Waals surface area contributed by atoms with Crippen LogP contribution in [-0.4, -0.2) is 61.7 Å². The number of nitrogens with one attached hydrogen (secondary N) is 2. The van der Waals surface area contributed by atoms with Crippen LogP contribution in [0.2, 0.25) is 0 Å². The smallest absolute Gasteiger partial charge is 0.313 e. The summed E-state index contributed by atoms with van der Waals surface area (Å²) in [5.41, 5.74) is 3.13. The molecule has 1 aromatic heterocycles. The van der Waals surface area contributed by atoms with Gasteiger partial charge in [-0.2, -0.15) is 0 Å². The Kier molecular flexibility index (Phi) is 7.16. The molecule has 2 aromatic carbocycles. The number of morpholine rings is 1. The topological polar surface area (TPSA) is 92.8 Å². The van der Waals surface area contributed by atoms with Crippen LogP contribution in [0.4, 0.5) is 5.69 Å². The Balaban J connectivity index is 1.46. The second-order valence-electron chi connectivity index (χ2n) is 7.93. The predicted molar refractivity (Wildman–Crippen MR) is 126 cm³/mol. The molecule has 0 saturated carbocycles. The molecule has 0 spiro atoms. The number of pyridine rings is 1. The Morgan fingerprint density at radius 2 is 1.82 bits per heavy atom. The van der Waals surface area contributed by atoms with E-state index in [4.69, 9.17) is 9.47 Å². The number of methoxy groups -OCH3 is 1. The molecule has 1 aliphatic heterocycles. The van der Waals surface area contributed by atoms with Gasteiger partial charge in [0, 0.05) is 30.7 Å². The van der Waals surface area contributed by atoms with Crippen LogP contribution in [0.15, 0.2) is 54.6 Å². The molecule has 3 aromatic rings. The Morgan fingerprint density at radius 1 is 1.09 bits per heavy atom. The summed E-state index contributed by atoms with van der Waals surface area (Å²) in [6.45, 7) is 4.92. The Bertz CT molecular complexity index is 1130. The van der Waals surface area contributed by atoms with Crippen molar-refractivity contribution in [3.05, 3.63) is 65.9 Å². The summed E-state index contributed by atoms with van der Waals surface area (Å²) >= 11 is 0. The van der Waals surface area contributed by atoms with Gasteiger partial charge in [-0.15, -0.1) is 0 Å². The van der Waals surface area contributed by atoms with Crippen LogP contribution in [0.25, 0.3) is 10.9 Å². The van der Waals surface area contributed by atoms with E-state index in [2.05, 4.69) is 20.5 Å². The molecule has 172 valence electrons. The summed E-state index contributed by atoms with van der Waals surface area (Å²) in [4.78, 5) is 32.1. The molecule has 2 amide bonds. The summed E-state index contributed by atoms with van der Waals surface area (Å²) in [6, 6.07) is 16.9. The van der Waals surface area contributed by atoms with Crippen LogP contribution in [-0.2, 0) is 14.3 Å². The number of amides is 2. The molecule has 0 unspecified atom stereocenters. The van der Waals surface area contributed by atoms with Crippen molar-refractivity contribution >= 4 is 28.4 Å². The van der Waals surface area contributed by atoms with E-state index in [1.807, 2.05) is 55.5 Å². The highest BCUT2D eigenvalue weighted by Gasteiger charge is 2.25. The zero-order valence-corrected chi connectivity index (χ0v) is 18.8. The van der Waals surface area contributed by atoms with E-state index in [0.29, 0.717) is 25.4 Å². The van der Waals surface area contributed by atoms with Gasteiger partial charge in [0.25, 0.3) is 0 Å². The highest BCUT2D eigenvalue weighted by Crippen LogP contribution is 2.24. The van der Waals surface area contributed by atoms with E-state index < -0.39 is 11.8 Å². The molecule has 0 aliphatic carbocycles. The maximum atomic E-state index is 12.7. The van der Waals surface area contributed by atoms with Gasteiger partial charge in [-0.05, 0) is 36.8 Å². The Hall–Kier alpha value is -3.49. The van der Waals surface area contributed by atoms with Crippen LogP contribution < -0.4 is 15.4 Å². The van der Waals surface area contributed by atoms with Gasteiger partial charge in [-0.1, -0.05) is 30.3 Å². The molecule has 1 fully saturated rings. The standard InChI is InChI=1S/C25H28N4O4/c1-17-15-22(20-5-3-4-6-21(20)27-17)28-25(31)24(30)26-16-23(29-11-13-33-14-12-29)18-7-9-19(32-2)10-8-18/h3-10,15,23H,11-14,16H2,1-2H3,(H,26,30)(H,27,28,31)/t23-/m1/s1. The number of carbonyl (C=O) groups excluding carboxylic acids is 2. The Morgan fingerprint density at radius 3 is 2.55 bits per heavy atom. The SMILES string of the molecule is COc1ccc([C@@H](CNC(=O)C(=O)Nc2cc(C)nc3ccccc23)N2CCOCC2)cc1. The number of nitrogens with zero attached hydrogens (tertiary/aromatic N) is 2. The zero-order valence-electron chi connectivity index (χ0n) is 18.8. The molecule has 33 heavy (non-hydrogen) atoms. The fraction of sp³-hybridized carbons (Fsp3) is 0.320. The van der Waals surface area contributed by atoms with Crippen LogP contribution >= 0.6 is 0 Å². The number of benzene rings is 2. The number of ether oxygens (including phenoxy) is 2. The number of carbonyl (C=O) groups is 2.